The fourth-order valence-electron chi connectivity index (χ4n) is 2.13. The molecule has 0 aliphatic heterocycles. The third kappa shape index (κ3) is 2.77. The summed E-state index contributed by atoms with van der Waals surface area (Å²) >= 11 is 0. The summed E-state index contributed by atoms with van der Waals surface area (Å²) in [6.45, 7) is 6.32. The number of nitrogens with two attached hydrogens (primary N) is 1. The van der Waals surface area contributed by atoms with Gasteiger partial charge in [0.15, 0.2) is 0 Å². The minimum Gasteiger partial charge on any atom is -0.321 e. The summed E-state index contributed by atoms with van der Waals surface area (Å²) in [5.41, 5.74) is 11.0. The van der Waals surface area contributed by atoms with E-state index in [1.165, 1.54) is 22.3 Å². The highest BCUT2D eigenvalue weighted by Gasteiger charge is 2.22. The van der Waals surface area contributed by atoms with Crippen molar-refractivity contribution >= 4 is 0 Å². The van der Waals surface area contributed by atoms with E-state index in [1.807, 2.05) is 12.3 Å². The quantitative estimate of drug-likeness (QED) is 0.895. The minimum absolute atomic E-state index is 0.360. The van der Waals surface area contributed by atoms with Crippen LogP contribution in [0.25, 0.3) is 0 Å². The molecule has 0 saturated heterocycles. The first-order valence-corrected chi connectivity index (χ1v) is 6.24. The van der Waals surface area contributed by atoms with Gasteiger partial charge in [-0.2, -0.15) is 0 Å². The average Bonchev–Trinajstić information content (AvgIpc) is 2.33. The van der Waals surface area contributed by atoms with E-state index in [2.05, 4.69) is 50.0 Å². The number of hydrogen-bond donors (Lipinski definition) is 1. The molecule has 1 aromatic carbocycles. The lowest BCUT2D eigenvalue weighted by Crippen LogP contribution is -2.35. The molecule has 2 aromatic rings. The summed E-state index contributed by atoms with van der Waals surface area (Å²) in [6, 6.07) is 10.5. The predicted molar refractivity (Wildman–Crippen MR) is 75.4 cm³/mol. The first-order chi connectivity index (χ1) is 8.49. The summed E-state index contributed by atoms with van der Waals surface area (Å²) in [5.74, 6) is 0. The van der Waals surface area contributed by atoms with Crippen molar-refractivity contribution in [2.75, 3.05) is 0 Å². The highest BCUT2D eigenvalue weighted by molar-refractivity contribution is 5.34. The van der Waals surface area contributed by atoms with E-state index in [0.717, 1.165) is 6.42 Å². The lowest BCUT2D eigenvalue weighted by Gasteiger charge is -2.26. The van der Waals surface area contributed by atoms with Gasteiger partial charge in [-0.25, -0.2) is 0 Å². The van der Waals surface area contributed by atoms with Crippen molar-refractivity contribution in [2.45, 2.75) is 32.7 Å². The maximum atomic E-state index is 6.46. The second kappa shape index (κ2) is 4.91. The van der Waals surface area contributed by atoms with Crippen molar-refractivity contribution in [3.8, 4) is 0 Å². The van der Waals surface area contributed by atoms with Crippen LogP contribution >= 0.6 is 0 Å². The summed E-state index contributed by atoms with van der Waals surface area (Å²) in [6.07, 6.45) is 4.46. The van der Waals surface area contributed by atoms with Crippen molar-refractivity contribution in [3.05, 3.63) is 65.0 Å². The van der Waals surface area contributed by atoms with Gasteiger partial charge in [0.25, 0.3) is 0 Å². The number of hydrogen-bond acceptors (Lipinski definition) is 2. The molecule has 0 spiro atoms. The standard InChI is InChI=1S/C16H20N2/c1-12-6-7-15(9-13(12)2)16(3,17)10-14-5-4-8-18-11-14/h4-9,11H,10,17H2,1-3H3. The highest BCUT2D eigenvalue weighted by Crippen LogP contribution is 2.24. The zero-order chi connectivity index (χ0) is 13.2. The summed E-state index contributed by atoms with van der Waals surface area (Å²) in [7, 11) is 0. The number of aryl methyl sites for hydroxylation is 2. The molecule has 0 aliphatic carbocycles. The number of benzene rings is 1. The van der Waals surface area contributed by atoms with Crippen molar-refractivity contribution < 1.29 is 0 Å². The van der Waals surface area contributed by atoms with Crippen molar-refractivity contribution in [1.82, 2.24) is 4.98 Å². The Morgan fingerprint density at radius 3 is 2.56 bits per heavy atom. The fraction of sp³-hybridized carbons (Fsp3) is 0.312. The lowest BCUT2D eigenvalue weighted by molar-refractivity contribution is 0.490. The van der Waals surface area contributed by atoms with Gasteiger partial charge in [-0.3, -0.25) is 4.98 Å². The van der Waals surface area contributed by atoms with Gasteiger partial charge in [-0.15, -0.1) is 0 Å². The molecule has 0 fully saturated rings. The monoisotopic (exact) mass is 240 g/mol. The van der Waals surface area contributed by atoms with Crippen LogP contribution in [0.3, 0.4) is 0 Å². The van der Waals surface area contributed by atoms with Crippen molar-refractivity contribution in [1.29, 1.82) is 0 Å². The topological polar surface area (TPSA) is 38.9 Å². The number of pyridine rings is 1. The van der Waals surface area contributed by atoms with E-state index in [4.69, 9.17) is 5.73 Å². The Hall–Kier alpha value is -1.67. The molecule has 0 saturated carbocycles. The molecule has 1 unspecified atom stereocenters. The van der Waals surface area contributed by atoms with Crippen LogP contribution in [0.15, 0.2) is 42.7 Å². The molecule has 1 aromatic heterocycles. The first-order valence-electron chi connectivity index (χ1n) is 6.24. The van der Waals surface area contributed by atoms with E-state index in [0.29, 0.717) is 0 Å². The van der Waals surface area contributed by atoms with E-state index in [9.17, 15) is 0 Å². The van der Waals surface area contributed by atoms with E-state index < -0.39 is 0 Å². The van der Waals surface area contributed by atoms with Crippen LogP contribution in [0.1, 0.15) is 29.2 Å². The molecule has 18 heavy (non-hydrogen) atoms. The molecular weight excluding hydrogens is 220 g/mol. The lowest BCUT2D eigenvalue weighted by atomic mass is 9.85. The molecule has 0 amide bonds. The van der Waals surface area contributed by atoms with Gasteiger partial charge in [0.05, 0.1) is 0 Å². The van der Waals surface area contributed by atoms with Gasteiger partial charge < -0.3 is 5.73 Å². The van der Waals surface area contributed by atoms with Crippen LogP contribution in [0.5, 0.6) is 0 Å². The van der Waals surface area contributed by atoms with E-state index >= 15 is 0 Å². The van der Waals surface area contributed by atoms with E-state index in [1.54, 1.807) is 6.20 Å². The van der Waals surface area contributed by atoms with Crippen LogP contribution in [-0.2, 0) is 12.0 Å². The molecule has 2 nitrogen and oxygen atoms in total. The maximum Gasteiger partial charge on any atom is 0.0422 e. The smallest absolute Gasteiger partial charge is 0.0422 e. The number of nitrogens with zero attached hydrogens (tertiary/aromatic N) is 1. The van der Waals surface area contributed by atoms with Gasteiger partial charge in [0.1, 0.15) is 0 Å². The Morgan fingerprint density at radius 2 is 1.94 bits per heavy atom. The maximum absolute atomic E-state index is 6.46. The van der Waals surface area contributed by atoms with Gasteiger partial charge >= 0.3 is 0 Å². The molecule has 0 aliphatic rings. The minimum atomic E-state index is -0.360. The second-order valence-corrected chi connectivity index (χ2v) is 5.25. The first kappa shape index (κ1) is 12.8. The Bertz CT molecular complexity index is 530. The Kier molecular flexibility index (Phi) is 3.48. The van der Waals surface area contributed by atoms with Crippen LogP contribution in [0.2, 0.25) is 0 Å². The second-order valence-electron chi connectivity index (χ2n) is 5.25. The molecule has 0 radical (unpaired) electrons. The Morgan fingerprint density at radius 1 is 1.17 bits per heavy atom. The van der Waals surface area contributed by atoms with Gasteiger partial charge in [-0.1, -0.05) is 24.3 Å². The molecule has 1 heterocycles. The van der Waals surface area contributed by atoms with Crippen LogP contribution in [-0.4, -0.2) is 4.98 Å². The molecule has 2 N–H and O–H groups in total. The third-order valence-electron chi connectivity index (χ3n) is 3.46. The summed E-state index contributed by atoms with van der Waals surface area (Å²) in [4.78, 5) is 4.14. The van der Waals surface area contributed by atoms with Gasteiger partial charge in [-0.05, 0) is 55.5 Å². The zero-order valence-electron chi connectivity index (χ0n) is 11.3. The van der Waals surface area contributed by atoms with Crippen LogP contribution in [0, 0.1) is 13.8 Å². The molecule has 94 valence electrons. The number of rotatable bonds is 3. The Balaban J connectivity index is 2.27. The van der Waals surface area contributed by atoms with Gasteiger partial charge in [0, 0.05) is 17.9 Å². The van der Waals surface area contributed by atoms with Crippen molar-refractivity contribution in [3.63, 3.8) is 0 Å². The summed E-state index contributed by atoms with van der Waals surface area (Å²) in [5, 5.41) is 0. The molecule has 0 bridgehead atoms. The summed E-state index contributed by atoms with van der Waals surface area (Å²) < 4.78 is 0. The highest BCUT2D eigenvalue weighted by atomic mass is 14.7. The predicted octanol–water partition coefficient (Wildman–Crippen LogP) is 3.12. The largest absolute Gasteiger partial charge is 0.321 e. The SMILES string of the molecule is Cc1ccc(C(C)(N)Cc2cccnc2)cc1C. The normalized spacial score (nSPS) is 14.2. The van der Waals surface area contributed by atoms with Crippen molar-refractivity contribution in [2.24, 2.45) is 5.73 Å². The zero-order valence-corrected chi connectivity index (χ0v) is 11.3. The molecule has 2 heteroatoms. The van der Waals surface area contributed by atoms with Gasteiger partial charge in [0.2, 0.25) is 0 Å². The van der Waals surface area contributed by atoms with Crippen LogP contribution < -0.4 is 5.73 Å². The van der Waals surface area contributed by atoms with Crippen LogP contribution in [0.4, 0.5) is 0 Å². The fourth-order valence-corrected chi connectivity index (χ4v) is 2.13. The molecule has 2 rings (SSSR count). The molecule has 1 atom stereocenters. The van der Waals surface area contributed by atoms with E-state index in [-0.39, 0.29) is 5.54 Å². The Labute approximate surface area is 109 Å². The third-order valence-corrected chi connectivity index (χ3v) is 3.46. The number of aromatic nitrogens is 1. The average molecular weight is 240 g/mol. The molecular formula is C16H20N2.